The Labute approximate surface area is 166 Å². The Balaban J connectivity index is 1.69. The normalized spacial score (nSPS) is 11.4. The zero-order valence-corrected chi connectivity index (χ0v) is 15.8. The topological polar surface area (TPSA) is 63.3 Å². The summed E-state index contributed by atoms with van der Waals surface area (Å²) in [4.78, 5) is 16.3. The van der Waals surface area contributed by atoms with Crippen LogP contribution in [0.4, 0.5) is 0 Å². The fraction of sp³-hybridized carbons (Fsp3) is 0.0435. The smallest absolute Gasteiger partial charge is 0.336 e. The van der Waals surface area contributed by atoms with Crippen LogP contribution in [0.15, 0.2) is 65.1 Å². The molecule has 0 aliphatic rings. The molecule has 0 aliphatic carbocycles. The molecular weight excluding hydrogens is 374 g/mol. The van der Waals surface area contributed by atoms with E-state index in [1.807, 2.05) is 55.5 Å². The number of carboxylic acid groups (broad SMARTS) is 1. The highest BCUT2D eigenvalue weighted by Gasteiger charge is 2.12. The third-order valence-electron chi connectivity index (χ3n) is 4.45. The monoisotopic (exact) mass is 389 g/mol. The SMILES string of the molecule is Cc1cccc2c(C(=O)O)cc(C=Cc3ccc(-c4cccc(Cl)c4)o3)nc12. The van der Waals surface area contributed by atoms with Crippen LogP contribution in [0.3, 0.4) is 0 Å². The maximum Gasteiger partial charge on any atom is 0.336 e. The summed E-state index contributed by atoms with van der Waals surface area (Å²) in [5.41, 5.74) is 3.28. The van der Waals surface area contributed by atoms with E-state index in [-0.39, 0.29) is 5.56 Å². The van der Waals surface area contributed by atoms with E-state index in [2.05, 4.69) is 4.98 Å². The van der Waals surface area contributed by atoms with Crippen molar-refractivity contribution >= 4 is 40.6 Å². The highest BCUT2D eigenvalue weighted by Crippen LogP contribution is 2.26. The molecule has 0 spiro atoms. The first-order valence-electron chi connectivity index (χ1n) is 8.69. The fourth-order valence-corrected chi connectivity index (χ4v) is 3.27. The molecule has 0 fully saturated rings. The van der Waals surface area contributed by atoms with Gasteiger partial charge in [-0.2, -0.15) is 0 Å². The van der Waals surface area contributed by atoms with Crippen molar-refractivity contribution in [2.45, 2.75) is 6.92 Å². The van der Waals surface area contributed by atoms with Crippen LogP contribution in [0.5, 0.6) is 0 Å². The van der Waals surface area contributed by atoms with Gasteiger partial charge in [0.05, 0.1) is 16.8 Å². The number of rotatable bonds is 4. The number of nitrogens with zero attached hydrogens (tertiary/aromatic N) is 1. The third-order valence-corrected chi connectivity index (χ3v) is 4.68. The second-order valence-corrected chi connectivity index (χ2v) is 6.85. The number of carbonyl (C=O) groups is 1. The van der Waals surface area contributed by atoms with Gasteiger partial charge in [0.15, 0.2) is 0 Å². The van der Waals surface area contributed by atoms with Crippen molar-refractivity contribution in [2.75, 3.05) is 0 Å². The molecule has 138 valence electrons. The van der Waals surface area contributed by atoms with Crippen LogP contribution in [0.1, 0.15) is 27.4 Å². The van der Waals surface area contributed by atoms with E-state index in [1.165, 1.54) is 0 Å². The summed E-state index contributed by atoms with van der Waals surface area (Å²) >= 11 is 6.03. The largest absolute Gasteiger partial charge is 0.478 e. The average molecular weight is 390 g/mol. The summed E-state index contributed by atoms with van der Waals surface area (Å²) in [5, 5.41) is 10.8. The van der Waals surface area contributed by atoms with E-state index in [9.17, 15) is 9.90 Å². The minimum atomic E-state index is -0.978. The lowest BCUT2D eigenvalue weighted by Crippen LogP contribution is -2.01. The van der Waals surface area contributed by atoms with Crippen molar-refractivity contribution in [3.63, 3.8) is 0 Å². The Hall–Kier alpha value is -3.37. The van der Waals surface area contributed by atoms with E-state index in [0.717, 1.165) is 11.1 Å². The third kappa shape index (κ3) is 3.55. The summed E-state index contributed by atoms with van der Waals surface area (Å²) in [7, 11) is 0. The predicted octanol–water partition coefficient (Wildman–Crippen LogP) is 6.33. The second kappa shape index (κ2) is 7.33. The molecule has 0 atom stereocenters. The molecule has 0 amide bonds. The minimum absolute atomic E-state index is 0.229. The maximum absolute atomic E-state index is 11.7. The highest BCUT2D eigenvalue weighted by molar-refractivity contribution is 6.30. The van der Waals surface area contributed by atoms with Gasteiger partial charge < -0.3 is 9.52 Å². The molecule has 0 unspecified atom stereocenters. The molecule has 4 aromatic rings. The molecular formula is C23H16ClNO3. The first-order chi connectivity index (χ1) is 13.5. The Morgan fingerprint density at radius 2 is 1.89 bits per heavy atom. The van der Waals surface area contributed by atoms with Gasteiger partial charge in [-0.3, -0.25) is 0 Å². The Kier molecular flexibility index (Phi) is 4.72. The van der Waals surface area contributed by atoms with Crippen molar-refractivity contribution < 1.29 is 14.3 Å². The number of pyridine rings is 1. The quantitative estimate of drug-likeness (QED) is 0.443. The van der Waals surface area contributed by atoms with Crippen LogP contribution in [0.2, 0.25) is 5.02 Å². The lowest BCUT2D eigenvalue weighted by Gasteiger charge is -2.06. The fourth-order valence-electron chi connectivity index (χ4n) is 3.08. The van der Waals surface area contributed by atoms with Gasteiger partial charge in [0.2, 0.25) is 0 Å². The molecule has 0 aliphatic heterocycles. The number of benzene rings is 2. The molecule has 4 nitrogen and oxygen atoms in total. The van der Waals surface area contributed by atoms with Gasteiger partial charge in [-0.05, 0) is 55.0 Å². The summed E-state index contributed by atoms with van der Waals surface area (Å²) in [6.07, 6.45) is 3.52. The molecule has 28 heavy (non-hydrogen) atoms. The lowest BCUT2D eigenvalue weighted by atomic mass is 10.0. The molecule has 2 aromatic heterocycles. The number of aromatic nitrogens is 1. The number of hydrogen-bond donors (Lipinski definition) is 1. The summed E-state index contributed by atoms with van der Waals surface area (Å²) < 4.78 is 5.85. The summed E-state index contributed by atoms with van der Waals surface area (Å²) in [6.45, 7) is 1.91. The molecule has 2 heterocycles. The van der Waals surface area contributed by atoms with Crippen LogP contribution in [-0.4, -0.2) is 16.1 Å². The van der Waals surface area contributed by atoms with Gasteiger partial charge in [0.1, 0.15) is 11.5 Å². The number of hydrogen-bond acceptors (Lipinski definition) is 3. The molecule has 5 heteroatoms. The van der Waals surface area contributed by atoms with E-state index >= 15 is 0 Å². The maximum atomic E-state index is 11.7. The summed E-state index contributed by atoms with van der Waals surface area (Å²) in [6, 6.07) is 18.2. The number of aryl methyl sites for hydroxylation is 1. The van der Waals surface area contributed by atoms with Crippen molar-refractivity contribution in [1.82, 2.24) is 4.98 Å². The van der Waals surface area contributed by atoms with E-state index in [0.29, 0.717) is 33.1 Å². The van der Waals surface area contributed by atoms with Crippen molar-refractivity contribution in [1.29, 1.82) is 0 Å². The van der Waals surface area contributed by atoms with Gasteiger partial charge in [-0.15, -0.1) is 0 Å². The van der Waals surface area contributed by atoms with E-state index in [1.54, 1.807) is 24.3 Å². The van der Waals surface area contributed by atoms with Crippen LogP contribution in [0.25, 0.3) is 34.4 Å². The second-order valence-electron chi connectivity index (χ2n) is 6.42. The zero-order valence-electron chi connectivity index (χ0n) is 15.0. The minimum Gasteiger partial charge on any atom is -0.478 e. The Bertz CT molecular complexity index is 1220. The van der Waals surface area contributed by atoms with Crippen molar-refractivity contribution in [2.24, 2.45) is 0 Å². The lowest BCUT2D eigenvalue weighted by molar-refractivity contribution is 0.0699. The highest BCUT2D eigenvalue weighted by atomic mass is 35.5. The first kappa shape index (κ1) is 18.0. The van der Waals surface area contributed by atoms with Crippen LogP contribution in [0, 0.1) is 6.92 Å². The van der Waals surface area contributed by atoms with Gasteiger partial charge in [-0.1, -0.05) is 41.9 Å². The number of fused-ring (bicyclic) bond motifs is 1. The number of para-hydroxylation sites is 1. The average Bonchev–Trinajstić information content (AvgIpc) is 3.15. The zero-order chi connectivity index (χ0) is 19.7. The molecule has 0 radical (unpaired) electrons. The summed E-state index contributed by atoms with van der Waals surface area (Å²) in [5.74, 6) is 0.364. The standard InChI is InChI=1S/C23H16ClNO3/c1-14-4-2-7-19-20(23(26)27)13-17(25-22(14)19)8-9-18-10-11-21(28-18)15-5-3-6-16(24)12-15/h2-13H,1H3,(H,26,27). The van der Waals surface area contributed by atoms with Gasteiger partial charge in [0, 0.05) is 16.0 Å². The first-order valence-corrected chi connectivity index (χ1v) is 9.06. The molecule has 2 aromatic carbocycles. The number of furan rings is 1. The van der Waals surface area contributed by atoms with Crippen LogP contribution in [-0.2, 0) is 0 Å². The van der Waals surface area contributed by atoms with Crippen LogP contribution >= 0.6 is 11.6 Å². The molecule has 0 bridgehead atoms. The van der Waals surface area contributed by atoms with E-state index in [4.69, 9.17) is 16.0 Å². The number of carboxylic acids is 1. The Morgan fingerprint density at radius 3 is 2.68 bits per heavy atom. The molecule has 4 rings (SSSR count). The van der Waals surface area contributed by atoms with Crippen molar-refractivity contribution in [3.05, 3.63) is 88.3 Å². The molecule has 0 saturated carbocycles. The molecule has 1 N–H and O–H groups in total. The van der Waals surface area contributed by atoms with Crippen LogP contribution < -0.4 is 0 Å². The molecule has 0 saturated heterocycles. The van der Waals surface area contributed by atoms with Gasteiger partial charge in [-0.25, -0.2) is 9.78 Å². The number of aromatic carboxylic acids is 1. The Morgan fingerprint density at radius 1 is 1.07 bits per heavy atom. The van der Waals surface area contributed by atoms with Gasteiger partial charge >= 0.3 is 5.97 Å². The van der Waals surface area contributed by atoms with Crippen molar-refractivity contribution in [3.8, 4) is 11.3 Å². The van der Waals surface area contributed by atoms with E-state index < -0.39 is 5.97 Å². The van der Waals surface area contributed by atoms with Gasteiger partial charge in [0.25, 0.3) is 0 Å². The number of halogens is 1. The predicted molar refractivity (Wildman–Crippen MR) is 112 cm³/mol.